The summed E-state index contributed by atoms with van der Waals surface area (Å²) in [6.07, 6.45) is -1.26. The molecule has 3 amide bonds. The number of aliphatic hydroxyl groups is 1. The van der Waals surface area contributed by atoms with Crippen LogP contribution in [0.4, 0.5) is 23.2 Å². The topological polar surface area (TPSA) is 156 Å². The Morgan fingerprint density at radius 2 is 1.84 bits per heavy atom. The number of nitrogens with zero attached hydrogens (tertiary/aromatic N) is 1. The molecule has 2 aliphatic heterocycles. The Balaban J connectivity index is 1.39. The van der Waals surface area contributed by atoms with Crippen molar-refractivity contribution >= 4 is 34.3 Å². The molecule has 0 spiro atoms. The zero-order valence-electron chi connectivity index (χ0n) is 26.9. The monoisotopic (exact) mass is 681 g/mol. The molecule has 3 aliphatic rings. The van der Waals surface area contributed by atoms with E-state index in [0.717, 1.165) is 36.6 Å². The number of aromatic nitrogens is 1. The third kappa shape index (κ3) is 5.77. The second kappa shape index (κ2) is 11.9. The number of carbonyl (C=O) groups excluding carboxylic acids is 3. The number of ether oxygens (including phenoxy) is 1. The van der Waals surface area contributed by atoms with Crippen LogP contribution in [0.25, 0.3) is 10.9 Å². The van der Waals surface area contributed by atoms with Crippen LogP contribution in [-0.2, 0) is 19.9 Å². The lowest BCUT2D eigenvalue weighted by Crippen LogP contribution is -2.61. The van der Waals surface area contributed by atoms with Gasteiger partial charge >= 0.3 is 6.18 Å². The highest BCUT2D eigenvalue weighted by atomic mass is 19.4. The Kier molecular flexibility index (Phi) is 8.21. The van der Waals surface area contributed by atoms with Gasteiger partial charge in [0.25, 0.3) is 5.91 Å². The first-order valence-corrected chi connectivity index (χ1v) is 15.8. The second-order valence-corrected chi connectivity index (χ2v) is 13.1. The normalized spacial score (nSPS) is 23.1. The van der Waals surface area contributed by atoms with E-state index in [1.807, 2.05) is 0 Å². The van der Waals surface area contributed by atoms with Gasteiger partial charge in [0.2, 0.25) is 17.4 Å². The maximum Gasteiger partial charge on any atom is 0.424 e. The molecule has 14 heteroatoms. The van der Waals surface area contributed by atoms with Gasteiger partial charge in [-0.2, -0.15) is 13.2 Å². The number of hydrogen-bond acceptors (Lipinski definition) is 7. The van der Waals surface area contributed by atoms with Gasteiger partial charge < -0.3 is 31.5 Å². The molecule has 1 unspecified atom stereocenters. The molecule has 1 saturated carbocycles. The number of hydrogen-bond donors (Lipinski definition) is 5. The van der Waals surface area contributed by atoms with E-state index < -0.39 is 52.6 Å². The molecule has 49 heavy (non-hydrogen) atoms. The molecule has 1 aromatic heterocycles. The van der Waals surface area contributed by atoms with Crippen molar-refractivity contribution in [2.45, 2.75) is 57.3 Å². The first-order chi connectivity index (χ1) is 23.0. The number of aryl methyl sites for hydroxylation is 1. The SMILES string of the molecule is CC[C@]1(C(N)=O)COC2=C1C=C([C@@](O)(CNC(=O)c1cc(NC(=O)C3CC3)c3ncc(C)cc3c1)C(F)(F)F)NC2(C)c1ccc(F)cc1. The molecule has 6 N–H and O–H groups in total. The summed E-state index contributed by atoms with van der Waals surface area (Å²) in [5.41, 5.74) is -0.274. The minimum atomic E-state index is -5.37. The summed E-state index contributed by atoms with van der Waals surface area (Å²) in [5, 5.41) is 19.8. The van der Waals surface area contributed by atoms with Gasteiger partial charge in [0.05, 0.1) is 23.4 Å². The Hall–Kier alpha value is -4.98. The van der Waals surface area contributed by atoms with Crippen molar-refractivity contribution in [3.63, 3.8) is 0 Å². The van der Waals surface area contributed by atoms with Crippen LogP contribution in [0.1, 0.15) is 54.6 Å². The number of amides is 3. The number of halogens is 4. The summed E-state index contributed by atoms with van der Waals surface area (Å²) in [7, 11) is 0. The van der Waals surface area contributed by atoms with Gasteiger partial charge in [0.15, 0.2) is 0 Å². The predicted molar refractivity (Wildman–Crippen MR) is 171 cm³/mol. The van der Waals surface area contributed by atoms with Gasteiger partial charge in [0, 0.05) is 28.6 Å². The maximum absolute atomic E-state index is 15.0. The van der Waals surface area contributed by atoms with Crippen LogP contribution in [0.3, 0.4) is 0 Å². The van der Waals surface area contributed by atoms with Crippen molar-refractivity contribution in [2.24, 2.45) is 17.1 Å². The number of alkyl halides is 3. The van der Waals surface area contributed by atoms with Gasteiger partial charge in [-0.3, -0.25) is 19.4 Å². The third-order valence-electron chi connectivity index (χ3n) is 9.65. The van der Waals surface area contributed by atoms with E-state index in [4.69, 9.17) is 10.5 Å². The number of anilines is 1. The second-order valence-electron chi connectivity index (χ2n) is 13.1. The third-order valence-corrected chi connectivity index (χ3v) is 9.65. The van der Waals surface area contributed by atoms with E-state index in [2.05, 4.69) is 20.9 Å². The van der Waals surface area contributed by atoms with Crippen molar-refractivity contribution in [1.29, 1.82) is 0 Å². The minimum Gasteiger partial charge on any atom is -0.493 e. The summed E-state index contributed by atoms with van der Waals surface area (Å²) in [6.45, 7) is 3.28. The van der Waals surface area contributed by atoms with Gasteiger partial charge in [0.1, 0.15) is 29.1 Å². The molecule has 10 nitrogen and oxygen atoms in total. The van der Waals surface area contributed by atoms with E-state index >= 15 is 13.2 Å². The average Bonchev–Trinajstić information content (AvgIpc) is 3.83. The number of nitrogens with two attached hydrogens (primary N) is 1. The first kappa shape index (κ1) is 33.9. The Labute approximate surface area is 278 Å². The van der Waals surface area contributed by atoms with Gasteiger partial charge in [-0.1, -0.05) is 19.1 Å². The quantitative estimate of drug-likeness (QED) is 0.207. The van der Waals surface area contributed by atoms with E-state index in [1.54, 1.807) is 26.1 Å². The minimum absolute atomic E-state index is 0.0329. The number of fused-ring (bicyclic) bond motifs is 1. The molecular weight excluding hydrogens is 646 g/mol. The summed E-state index contributed by atoms with van der Waals surface area (Å²) in [4.78, 5) is 43.3. The highest BCUT2D eigenvalue weighted by molar-refractivity contribution is 6.06. The van der Waals surface area contributed by atoms with Crippen LogP contribution in [0.15, 0.2) is 71.8 Å². The van der Waals surface area contributed by atoms with Crippen molar-refractivity contribution in [2.75, 3.05) is 18.5 Å². The summed E-state index contributed by atoms with van der Waals surface area (Å²) >= 11 is 0. The molecule has 3 atom stereocenters. The van der Waals surface area contributed by atoms with Crippen LogP contribution in [-0.4, -0.2) is 52.7 Å². The summed E-state index contributed by atoms with van der Waals surface area (Å²) < 4.78 is 65.0. The number of nitrogens with one attached hydrogen (secondary N) is 3. The lowest BCUT2D eigenvalue weighted by atomic mass is 9.72. The molecule has 1 fully saturated rings. The average molecular weight is 682 g/mol. The lowest BCUT2D eigenvalue weighted by molar-refractivity contribution is -0.243. The fraction of sp³-hybridized carbons (Fsp3) is 0.371. The zero-order chi connectivity index (χ0) is 35.5. The standard InChI is InChI=1S/C35H35F4N5O5/c1-4-33(31(40)47)17-49-28-24(33)14-26(44-32(28,3)22-7-9-23(36)10-8-22)34(48,35(37,38)39)16-42-29(45)21-12-20-11-18(2)15-41-27(20)25(13-21)43-30(46)19-5-6-19/h7-15,19,44,48H,4-6,16-17H2,1-3H3,(H2,40,47)(H,42,45)(H,43,46)/t32?,33-,34-/m0/s1. The Morgan fingerprint density at radius 1 is 1.14 bits per heavy atom. The number of dihydropyridines is 1. The number of rotatable bonds is 9. The van der Waals surface area contributed by atoms with Crippen LogP contribution < -0.4 is 21.7 Å². The Morgan fingerprint density at radius 3 is 2.45 bits per heavy atom. The number of primary amides is 1. The smallest absolute Gasteiger partial charge is 0.424 e. The largest absolute Gasteiger partial charge is 0.493 e. The van der Waals surface area contributed by atoms with Crippen LogP contribution in [0, 0.1) is 24.1 Å². The summed E-state index contributed by atoms with van der Waals surface area (Å²) in [5.74, 6) is -2.72. The van der Waals surface area contributed by atoms with Crippen LogP contribution >= 0.6 is 0 Å². The van der Waals surface area contributed by atoms with Crippen LogP contribution in [0.2, 0.25) is 0 Å². The molecule has 3 aromatic rings. The van der Waals surface area contributed by atoms with Crippen molar-refractivity contribution in [3.8, 4) is 0 Å². The highest BCUT2D eigenvalue weighted by Gasteiger charge is 2.61. The fourth-order valence-corrected chi connectivity index (χ4v) is 6.40. The van der Waals surface area contributed by atoms with Gasteiger partial charge in [-0.25, -0.2) is 4.39 Å². The molecule has 258 valence electrons. The molecule has 0 radical (unpaired) electrons. The van der Waals surface area contributed by atoms with Crippen molar-refractivity contribution in [3.05, 3.63) is 94.3 Å². The van der Waals surface area contributed by atoms with Crippen molar-refractivity contribution < 1.29 is 41.8 Å². The molecule has 0 bridgehead atoms. The molecule has 2 aromatic carbocycles. The van der Waals surface area contributed by atoms with E-state index in [9.17, 15) is 23.9 Å². The number of carbonyl (C=O) groups is 3. The van der Waals surface area contributed by atoms with Crippen molar-refractivity contribution in [1.82, 2.24) is 15.6 Å². The summed E-state index contributed by atoms with van der Waals surface area (Å²) in [6, 6.07) is 9.41. The Bertz CT molecular complexity index is 1940. The maximum atomic E-state index is 15.0. The van der Waals surface area contributed by atoms with Gasteiger partial charge in [-0.15, -0.1) is 0 Å². The first-order valence-electron chi connectivity index (χ1n) is 15.8. The molecule has 1 aliphatic carbocycles. The molecule has 6 rings (SSSR count). The molecule has 0 saturated heterocycles. The van der Waals surface area contributed by atoms with Crippen LogP contribution in [0.5, 0.6) is 0 Å². The number of pyridine rings is 1. The number of benzene rings is 2. The van der Waals surface area contributed by atoms with E-state index in [0.29, 0.717) is 10.9 Å². The molecular formula is C35H35F4N5O5. The number of allylic oxidation sites excluding steroid dienone is 1. The molecule has 3 heterocycles. The highest BCUT2D eigenvalue weighted by Crippen LogP contribution is 2.52. The van der Waals surface area contributed by atoms with E-state index in [1.165, 1.54) is 31.2 Å². The van der Waals surface area contributed by atoms with E-state index in [-0.39, 0.29) is 53.0 Å². The predicted octanol–water partition coefficient (Wildman–Crippen LogP) is 4.62. The fourth-order valence-electron chi connectivity index (χ4n) is 6.40. The lowest BCUT2D eigenvalue weighted by Gasteiger charge is -2.43. The zero-order valence-corrected chi connectivity index (χ0v) is 26.9. The van der Waals surface area contributed by atoms with Gasteiger partial charge in [-0.05, 0) is 80.6 Å².